The standard InChI is InChI=1S/C18H22N4O2S2/c1-18(2)8-6-11-14(10-4-3-5-13(10)21-15(11)18)22-16(23)12-7-9-25-17(12)26(19,20)24/h7,9H,3-6,8H2,1-2H3,(H3,19,20,24)(H,21,22,23). The number of fused-ring (bicyclic) bond motifs is 2. The van der Waals surface area contributed by atoms with Gasteiger partial charge in [0.1, 0.15) is 14.1 Å². The van der Waals surface area contributed by atoms with E-state index in [9.17, 15) is 9.00 Å². The Morgan fingerprint density at radius 2 is 2.12 bits per heavy atom. The van der Waals surface area contributed by atoms with Gasteiger partial charge in [0, 0.05) is 11.1 Å². The van der Waals surface area contributed by atoms with Gasteiger partial charge in [-0.15, -0.1) is 11.3 Å². The van der Waals surface area contributed by atoms with Crippen molar-refractivity contribution < 1.29 is 9.00 Å². The van der Waals surface area contributed by atoms with Crippen LogP contribution in [0, 0.1) is 4.78 Å². The van der Waals surface area contributed by atoms with Gasteiger partial charge in [0.05, 0.1) is 16.9 Å². The molecular weight excluding hydrogens is 368 g/mol. The number of hydrogen-bond donors (Lipinski definition) is 3. The van der Waals surface area contributed by atoms with Crippen molar-refractivity contribution in [3.8, 4) is 0 Å². The maximum absolute atomic E-state index is 12.9. The second-order valence-corrected chi connectivity index (χ2v) is 10.4. The van der Waals surface area contributed by atoms with E-state index in [0.29, 0.717) is 0 Å². The van der Waals surface area contributed by atoms with Gasteiger partial charge in [-0.25, -0.2) is 14.1 Å². The molecule has 6 nitrogen and oxygen atoms in total. The van der Waals surface area contributed by atoms with Gasteiger partial charge in [-0.3, -0.25) is 9.78 Å². The van der Waals surface area contributed by atoms with Crippen molar-refractivity contribution in [3.05, 3.63) is 39.5 Å². The van der Waals surface area contributed by atoms with E-state index in [1.165, 1.54) is 0 Å². The predicted molar refractivity (Wildman–Crippen MR) is 103 cm³/mol. The van der Waals surface area contributed by atoms with Crippen LogP contribution in [0.2, 0.25) is 0 Å². The average molecular weight is 391 g/mol. The molecule has 0 spiro atoms. The lowest BCUT2D eigenvalue weighted by atomic mass is 9.90. The highest BCUT2D eigenvalue weighted by Gasteiger charge is 2.36. The molecule has 26 heavy (non-hydrogen) atoms. The lowest BCUT2D eigenvalue weighted by Gasteiger charge is -2.21. The van der Waals surface area contributed by atoms with Crippen LogP contribution in [0.1, 0.15) is 59.6 Å². The molecule has 0 saturated heterocycles. The maximum atomic E-state index is 12.9. The van der Waals surface area contributed by atoms with Gasteiger partial charge >= 0.3 is 0 Å². The smallest absolute Gasteiger partial charge is 0.257 e. The summed E-state index contributed by atoms with van der Waals surface area (Å²) in [4.78, 5) is 17.8. The van der Waals surface area contributed by atoms with Gasteiger partial charge in [-0.1, -0.05) is 13.8 Å². The van der Waals surface area contributed by atoms with Crippen LogP contribution < -0.4 is 10.5 Å². The highest BCUT2D eigenvalue weighted by atomic mass is 32.2. The van der Waals surface area contributed by atoms with Gasteiger partial charge in [0.2, 0.25) is 0 Å². The minimum absolute atomic E-state index is 0.00668. The third-order valence-electron chi connectivity index (χ3n) is 5.35. The highest BCUT2D eigenvalue weighted by molar-refractivity contribution is 7.92. The lowest BCUT2D eigenvalue weighted by Crippen LogP contribution is -2.20. The molecule has 0 aromatic carbocycles. The van der Waals surface area contributed by atoms with Gasteiger partial charge in [0.15, 0.2) is 0 Å². The van der Waals surface area contributed by atoms with Crippen molar-refractivity contribution in [1.29, 1.82) is 4.78 Å². The van der Waals surface area contributed by atoms with Crippen LogP contribution in [0.4, 0.5) is 5.69 Å². The van der Waals surface area contributed by atoms with E-state index >= 15 is 0 Å². The van der Waals surface area contributed by atoms with Gasteiger partial charge < -0.3 is 5.32 Å². The number of carbonyl (C=O) groups is 1. The number of pyridine rings is 1. The Labute approximate surface area is 157 Å². The first-order chi connectivity index (χ1) is 12.2. The number of hydrogen-bond acceptors (Lipinski definition) is 5. The number of nitrogens with two attached hydrogens (primary N) is 1. The average Bonchev–Trinajstić information content (AvgIpc) is 3.26. The SMILES string of the molecule is CC1(C)CCc2c1nc1c(c2NC(=O)c2ccsc2S(=N)(N)=O)CCC1. The number of aromatic nitrogens is 1. The van der Waals surface area contributed by atoms with Crippen molar-refractivity contribution in [1.82, 2.24) is 4.98 Å². The first-order valence-electron chi connectivity index (χ1n) is 8.69. The summed E-state index contributed by atoms with van der Waals surface area (Å²) in [5.41, 5.74) is 5.54. The van der Waals surface area contributed by atoms with Crippen molar-refractivity contribution in [3.63, 3.8) is 0 Å². The Bertz CT molecular complexity index is 1020. The Morgan fingerprint density at radius 1 is 1.35 bits per heavy atom. The second kappa shape index (κ2) is 5.87. The van der Waals surface area contributed by atoms with Crippen molar-refractivity contribution in [2.75, 3.05) is 5.32 Å². The monoisotopic (exact) mass is 390 g/mol. The molecule has 2 aromatic heterocycles. The first-order valence-corrected chi connectivity index (χ1v) is 11.2. The fourth-order valence-corrected chi connectivity index (χ4v) is 5.85. The van der Waals surface area contributed by atoms with Crippen molar-refractivity contribution >= 4 is 32.8 Å². The molecular formula is C18H22N4O2S2. The van der Waals surface area contributed by atoms with E-state index < -0.39 is 9.92 Å². The van der Waals surface area contributed by atoms with Crippen LogP contribution in [0.15, 0.2) is 15.7 Å². The van der Waals surface area contributed by atoms with Crippen LogP contribution in [0.25, 0.3) is 0 Å². The van der Waals surface area contributed by atoms with Crippen molar-refractivity contribution in [2.45, 2.75) is 55.6 Å². The largest absolute Gasteiger partial charge is 0.321 e. The number of thiophene rings is 1. The van der Waals surface area contributed by atoms with Crippen LogP contribution in [-0.2, 0) is 34.6 Å². The predicted octanol–water partition coefficient (Wildman–Crippen LogP) is 3.39. The van der Waals surface area contributed by atoms with E-state index in [-0.39, 0.29) is 21.1 Å². The van der Waals surface area contributed by atoms with Crippen molar-refractivity contribution in [2.24, 2.45) is 5.14 Å². The fourth-order valence-electron chi connectivity index (χ4n) is 4.01. The molecule has 1 atom stereocenters. The number of nitrogens with one attached hydrogen (secondary N) is 2. The van der Waals surface area contributed by atoms with Gasteiger partial charge in [-0.2, -0.15) is 0 Å². The molecule has 0 radical (unpaired) electrons. The zero-order valence-corrected chi connectivity index (χ0v) is 16.5. The molecule has 4 rings (SSSR count). The molecule has 0 aliphatic heterocycles. The van der Waals surface area contributed by atoms with E-state index in [1.807, 2.05) is 0 Å². The second-order valence-electron chi connectivity index (χ2n) is 7.65. The first kappa shape index (κ1) is 17.6. The zero-order valence-electron chi connectivity index (χ0n) is 14.8. The van der Waals surface area contributed by atoms with Crippen LogP contribution in [-0.4, -0.2) is 15.1 Å². The van der Waals surface area contributed by atoms with Crippen LogP contribution in [0.3, 0.4) is 0 Å². The summed E-state index contributed by atoms with van der Waals surface area (Å²) in [7, 11) is -3.42. The Kier molecular flexibility index (Phi) is 3.98. The normalized spacial score (nSPS) is 19.7. The summed E-state index contributed by atoms with van der Waals surface area (Å²) < 4.78 is 19.7. The molecule has 0 fully saturated rings. The van der Waals surface area contributed by atoms with Gasteiger partial charge in [-0.05, 0) is 54.7 Å². The molecule has 2 aliphatic rings. The van der Waals surface area contributed by atoms with E-state index in [2.05, 4.69) is 19.2 Å². The number of amides is 1. The van der Waals surface area contributed by atoms with E-state index in [0.717, 1.165) is 71.6 Å². The number of anilines is 1. The fraction of sp³-hybridized carbons (Fsp3) is 0.444. The third kappa shape index (κ3) is 2.76. The van der Waals surface area contributed by atoms with E-state index in [4.69, 9.17) is 14.9 Å². The lowest BCUT2D eigenvalue weighted by molar-refractivity contribution is 0.102. The van der Waals surface area contributed by atoms with Gasteiger partial charge in [0.25, 0.3) is 5.91 Å². The molecule has 1 amide bonds. The molecule has 138 valence electrons. The molecule has 0 saturated carbocycles. The summed E-state index contributed by atoms with van der Waals surface area (Å²) in [6.07, 6.45) is 4.79. The summed E-state index contributed by atoms with van der Waals surface area (Å²) in [5.74, 6) is -0.348. The molecule has 2 aliphatic carbocycles. The number of rotatable bonds is 3. The summed E-state index contributed by atoms with van der Waals surface area (Å²) in [6.45, 7) is 4.39. The topological polar surface area (TPSA) is 109 Å². The Hall–Kier alpha value is -1.77. The zero-order chi connectivity index (χ0) is 18.7. The highest BCUT2D eigenvalue weighted by Crippen LogP contribution is 2.44. The molecule has 2 aromatic rings. The number of carbonyl (C=O) groups excluding carboxylic acids is 1. The van der Waals surface area contributed by atoms with E-state index in [1.54, 1.807) is 11.4 Å². The third-order valence-corrected chi connectivity index (χ3v) is 7.86. The summed E-state index contributed by atoms with van der Waals surface area (Å²) in [5, 5.41) is 10.2. The summed E-state index contributed by atoms with van der Waals surface area (Å²) in [6, 6.07) is 1.59. The Balaban J connectivity index is 1.79. The minimum Gasteiger partial charge on any atom is -0.321 e. The van der Waals surface area contributed by atoms with Crippen LogP contribution >= 0.6 is 11.3 Å². The molecule has 2 heterocycles. The Morgan fingerprint density at radius 3 is 2.85 bits per heavy atom. The maximum Gasteiger partial charge on any atom is 0.257 e. The molecule has 1 unspecified atom stereocenters. The molecule has 8 heteroatoms. The van der Waals surface area contributed by atoms with Crippen LogP contribution in [0.5, 0.6) is 0 Å². The number of nitrogens with zero attached hydrogens (tertiary/aromatic N) is 1. The minimum atomic E-state index is -3.42. The molecule has 4 N–H and O–H groups in total. The number of aryl methyl sites for hydroxylation is 1. The molecule has 0 bridgehead atoms. The quantitative estimate of drug-likeness (QED) is 0.747. The summed E-state index contributed by atoms with van der Waals surface area (Å²) >= 11 is 1.08.